The van der Waals surface area contributed by atoms with Crippen LogP contribution in [0.3, 0.4) is 0 Å². The maximum atomic E-state index is 13.5. The monoisotopic (exact) mass is 390 g/mol. The number of carbonyl (C=O) groups is 1. The van der Waals surface area contributed by atoms with Crippen LogP contribution in [0.5, 0.6) is 0 Å². The van der Waals surface area contributed by atoms with E-state index in [1.54, 1.807) is 14.0 Å². The second kappa shape index (κ2) is 7.89. The van der Waals surface area contributed by atoms with Crippen LogP contribution in [-0.4, -0.2) is 39.1 Å². The van der Waals surface area contributed by atoms with Gasteiger partial charge in [-0.15, -0.1) is 0 Å². The second-order valence-corrected chi connectivity index (χ2v) is 6.42. The molecule has 2 heterocycles. The van der Waals surface area contributed by atoms with E-state index in [0.29, 0.717) is 11.3 Å². The Hall–Kier alpha value is -3.07. The van der Waals surface area contributed by atoms with E-state index in [0.717, 1.165) is 16.6 Å². The van der Waals surface area contributed by atoms with Crippen molar-refractivity contribution in [2.24, 2.45) is 0 Å². The third-order valence-corrected chi connectivity index (χ3v) is 4.54. The second-order valence-electron chi connectivity index (χ2n) is 6.42. The lowest BCUT2D eigenvalue weighted by molar-refractivity contribution is 0.0528. The normalized spacial score (nSPS) is 12.5. The van der Waals surface area contributed by atoms with Crippen molar-refractivity contribution in [2.45, 2.75) is 26.4 Å². The summed E-state index contributed by atoms with van der Waals surface area (Å²) in [5.74, 6) is -2.39. The summed E-state index contributed by atoms with van der Waals surface area (Å²) in [4.78, 5) is 30.6. The summed E-state index contributed by atoms with van der Waals surface area (Å²) in [5.41, 5.74) is 0.997. The topological polar surface area (TPSA) is 79.7 Å². The van der Waals surface area contributed by atoms with E-state index in [4.69, 9.17) is 4.74 Å². The van der Waals surface area contributed by atoms with Crippen molar-refractivity contribution in [3.05, 3.63) is 69.3 Å². The number of rotatable bonds is 6. The van der Waals surface area contributed by atoms with Crippen LogP contribution in [0.4, 0.5) is 8.78 Å². The lowest BCUT2D eigenvalue weighted by atomic mass is 10.1. The number of carbonyl (C=O) groups excluding carboxylic acids is 1. The van der Waals surface area contributed by atoms with Crippen molar-refractivity contribution in [2.75, 3.05) is 13.7 Å². The number of halogens is 2. The van der Waals surface area contributed by atoms with Gasteiger partial charge >= 0.3 is 5.97 Å². The van der Waals surface area contributed by atoms with E-state index >= 15 is 0 Å². The number of esters is 1. The lowest BCUT2D eigenvalue weighted by Gasteiger charge is -2.24. The summed E-state index contributed by atoms with van der Waals surface area (Å²) in [6, 6.07) is 4.83. The molecule has 7 nitrogen and oxygen atoms in total. The highest BCUT2D eigenvalue weighted by Gasteiger charge is 2.19. The first-order valence-electron chi connectivity index (χ1n) is 8.74. The number of hydrogen-bond donors (Lipinski definition) is 1. The molecule has 1 atom stereocenters. The van der Waals surface area contributed by atoms with Gasteiger partial charge in [-0.3, -0.25) is 14.8 Å². The van der Waals surface area contributed by atoms with Gasteiger partial charge in [0.15, 0.2) is 17.3 Å². The van der Waals surface area contributed by atoms with Gasteiger partial charge in [-0.05, 0) is 38.6 Å². The van der Waals surface area contributed by atoms with Gasteiger partial charge in [0.2, 0.25) is 0 Å². The molecule has 3 rings (SSSR count). The van der Waals surface area contributed by atoms with Gasteiger partial charge in [-0.25, -0.2) is 23.1 Å². The fourth-order valence-electron chi connectivity index (χ4n) is 2.89. The van der Waals surface area contributed by atoms with Gasteiger partial charge in [0, 0.05) is 24.8 Å². The molecule has 0 amide bonds. The van der Waals surface area contributed by atoms with Crippen molar-refractivity contribution in [1.29, 1.82) is 0 Å². The number of H-pyrrole nitrogens is 1. The Bertz CT molecular complexity index is 1080. The minimum absolute atomic E-state index is 0.164. The van der Waals surface area contributed by atoms with Crippen LogP contribution in [0.1, 0.15) is 41.5 Å². The van der Waals surface area contributed by atoms with Crippen LogP contribution in [-0.2, 0) is 11.3 Å². The number of hydrogen-bond acceptors (Lipinski definition) is 5. The molecule has 1 unspecified atom stereocenters. The number of ether oxygens (including phenoxy) is 1. The van der Waals surface area contributed by atoms with Gasteiger partial charge in [0.05, 0.1) is 12.3 Å². The molecular weight excluding hydrogens is 370 g/mol. The highest BCUT2D eigenvalue weighted by molar-refractivity contribution is 5.95. The molecular formula is C19H20F2N4O3. The molecule has 0 radical (unpaired) electrons. The Morgan fingerprint density at radius 3 is 2.75 bits per heavy atom. The maximum Gasteiger partial charge on any atom is 0.343 e. The molecule has 3 aromatic rings. The van der Waals surface area contributed by atoms with Crippen molar-refractivity contribution in [3.8, 4) is 0 Å². The fourth-order valence-corrected chi connectivity index (χ4v) is 2.89. The molecule has 1 N–H and O–H groups in total. The van der Waals surface area contributed by atoms with Crippen molar-refractivity contribution < 1.29 is 18.3 Å². The minimum atomic E-state index is -0.915. The predicted molar refractivity (Wildman–Crippen MR) is 98.0 cm³/mol. The summed E-state index contributed by atoms with van der Waals surface area (Å²) in [6.45, 7) is 3.98. The first-order chi connectivity index (χ1) is 13.3. The van der Waals surface area contributed by atoms with E-state index in [1.807, 2.05) is 11.8 Å². The molecule has 28 heavy (non-hydrogen) atoms. The standard InChI is InChI=1S/C19H20F2N4O3/c1-4-28-19(27)14-9-22-25-17(26)8-13(23-18(14)25)10-24(3)11(2)12-5-6-15(20)16(21)7-12/h5-9,11,22H,4,10H2,1-3H3. The molecule has 2 aromatic heterocycles. The third-order valence-electron chi connectivity index (χ3n) is 4.54. The fraction of sp³-hybridized carbons (Fsp3) is 0.316. The molecule has 0 spiro atoms. The third kappa shape index (κ3) is 3.79. The van der Waals surface area contributed by atoms with Crippen LogP contribution >= 0.6 is 0 Å². The number of aromatic amines is 1. The molecule has 0 aliphatic carbocycles. The van der Waals surface area contributed by atoms with Crippen molar-refractivity contribution in [1.82, 2.24) is 19.5 Å². The quantitative estimate of drug-likeness (QED) is 0.655. The van der Waals surface area contributed by atoms with Crippen LogP contribution in [0.2, 0.25) is 0 Å². The Morgan fingerprint density at radius 1 is 1.32 bits per heavy atom. The van der Waals surface area contributed by atoms with Crippen LogP contribution < -0.4 is 5.56 Å². The van der Waals surface area contributed by atoms with E-state index < -0.39 is 17.6 Å². The van der Waals surface area contributed by atoms with Crippen LogP contribution in [0.25, 0.3) is 5.65 Å². The SMILES string of the molecule is CCOC(=O)c1c[nH]n2c(=O)cc(CN(C)C(C)c3ccc(F)c(F)c3)nc12. The summed E-state index contributed by atoms with van der Waals surface area (Å²) < 4.78 is 32.8. The molecule has 0 aliphatic heterocycles. The number of benzene rings is 1. The van der Waals surface area contributed by atoms with Crippen LogP contribution in [0, 0.1) is 11.6 Å². The van der Waals surface area contributed by atoms with Crippen molar-refractivity contribution >= 4 is 11.6 Å². The molecule has 0 bridgehead atoms. The maximum absolute atomic E-state index is 13.5. The number of fused-ring (bicyclic) bond motifs is 1. The largest absolute Gasteiger partial charge is 0.462 e. The number of nitrogens with zero attached hydrogens (tertiary/aromatic N) is 3. The Labute approximate surface area is 159 Å². The van der Waals surface area contributed by atoms with Gasteiger partial charge in [0.1, 0.15) is 5.56 Å². The van der Waals surface area contributed by atoms with Gasteiger partial charge in [-0.1, -0.05) is 6.07 Å². The average molecular weight is 390 g/mol. The molecule has 0 saturated heterocycles. The molecule has 0 fully saturated rings. The van der Waals surface area contributed by atoms with Gasteiger partial charge in [-0.2, -0.15) is 0 Å². The summed E-state index contributed by atoms with van der Waals surface area (Å²) in [6.07, 6.45) is 1.37. The van der Waals surface area contributed by atoms with E-state index in [1.165, 1.54) is 18.3 Å². The lowest BCUT2D eigenvalue weighted by Crippen LogP contribution is -2.25. The average Bonchev–Trinajstić information content (AvgIpc) is 3.08. The molecule has 0 saturated carbocycles. The zero-order chi connectivity index (χ0) is 20.4. The first-order valence-corrected chi connectivity index (χ1v) is 8.74. The smallest absolute Gasteiger partial charge is 0.343 e. The summed E-state index contributed by atoms with van der Waals surface area (Å²) in [5, 5.41) is 2.69. The first kappa shape index (κ1) is 19.7. The van der Waals surface area contributed by atoms with Gasteiger partial charge < -0.3 is 4.74 Å². The Morgan fingerprint density at radius 2 is 2.07 bits per heavy atom. The molecule has 9 heteroatoms. The summed E-state index contributed by atoms with van der Waals surface area (Å²) in [7, 11) is 1.78. The zero-order valence-corrected chi connectivity index (χ0v) is 15.7. The summed E-state index contributed by atoms with van der Waals surface area (Å²) >= 11 is 0. The number of aromatic nitrogens is 3. The molecule has 0 aliphatic rings. The van der Waals surface area contributed by atoms with E-state index in [2.05, 4.69) is 10.1 Å². The Balaban J connectivity index is 1.88. The molecule has 148 valence electrons. The minimum Gasteiger partial charge on any atom is -0.462 e. The number of nitrogens with one attached hydrogen (secondary N) is 1. The van der Waals surface area contributed by atoms with Crippen LogP contribution in [0.15, 0.2) is 35.3 Å². The van der Waals surface area contributed by atoms with Crippen molar-refractivity contribution in [3.63, 3.8) is 0 Å². The Kier molecular flexibility index (Phi) is 5.55. The van der Waals surface area contributed by atoms with E-state index in [9.17, 15) is 18.4 Å². The predicted octanol–water partition coefficient (Wildman–Crippen LogP) is 2.67. The highest BCUT2D eigenvalue weighted by atomic mass is 19.2. The molecule has 1 aromatic carbocycles. The van der Waals surface area contributed by atoms with Gasteiger partial charge in [0.25, 0.3) is 5.56 Å². The van der Waals surface area contributed by atoms with E-state index in [-0.39, 0.29) is 36.0 Å². The highest BCUT2D eigenvalue weighted by Crippen LogP contribution is 2.22. The zero-order valence-electron chi connectivity index (χ0n) is 15.7.